The Morgan fingerprint density at radius 2 is 1.93 bits per heavy atom. The molecule has 8 nitrogen and oxygen atoms in total. The van der Waals surface area contributed by atoms with Crippen molar-refractivity contribution in [2.24, 2.45) is 7.05 Å². The first-order valence-corrected chi connectivity index (χ1v) is 10.2. The molecule has 1 N–H and O–H groups in total. The maximum absolute atomic E-state index is 12.7. The van der Waals surface area contributed by atoms with Gasteiger partial charge >= 0.3 is 5.69 Å². The Kier molecular flexibility index (Phi) is 5.76. The van der Waals surface area contributed by atoms with Gasteiger partial charge in [0.2, 0.25) is 0 Å². The highest BCUT2D eigenvalue weighted by Gasteiger charge is 2.16. The molecule has 0 fully saturated rings. The predicted octanol–water partition coefficient (Wildman–Crippen LogP) is 3.47. The fourth-order valence-corrected chi connectivity index (χ4v) is 3.78. The van der Waals surface area contributed by atoms with Crippen LogP contribution in [0.2, 0.25) is 5.15 Å². The molecule has 0 saturated heterocycles. The molecular formula is C21H22ClN7O. The fraction of sp³-hybridized carbons (Fsp3) is 0.286. The highest BCUT2D eigenvalue weighted by molar-refractivity contribution is 6.30. The Bertz CT molecular complexity index is 1190. The minimum Gasteiger partial charge on any atom is -0.290 e. The molecule has 3 heterocycles. The third kappa shape index (κ3) is 3.78. The summed E-state index contributed by atoms with van der Waals surface area (Å²) in [6.07, 6.45) is 6.29. The number of nitrogens with one attached hydrogen (secondary N) is 1. The van der Waals surface area contributed by atoms with E-state index in [1.54, 1.807) is 24.0 Å². The van der Waals surface area contributed by atoms with Crippen LogP contribution in [0.5, 0.6) is 0 Å². The van der Waals surface area contributed by atoms with Crippen LogP contribution in [0.25, 0.3) is 22.5 Å². The molecule has 4 rings (SSSR count). The lowest BCUT2D eigenvalue weighted by atomic mass is 10.00. The number of nitrogens with zero attached hydrogens (tertiary/aromatic N) is 6. The second-order valence-electron chi connectivity index (χ2n) is 7.14. The number of aromatic amines is 1. The zero-order valence-corrected chi connectivity index (χ0v) is 17.6. The molecule has 0 atom stereocenters. The van der Waals surface area contributed by atoms with Gasteiger partial charge in [0.05, 0.1) is 12.2 Å². The smallest absolute Gasteiger partial charge is 0.290 e. The molecule has 0 amide bonds. The van der Waals surface area contributed by atoms with Crippen LogP contribution in [0, 0.1) is 0 Å². The summed E-state index contributed by atoms with van der Waals surface area (Å²) in [6, 6.07) is 10.0. The highest BCUT2D eigenvalue weighted by atomic mass is 35.5. The largest absolute Gasteiger partial charge is 0.329 e. The van der Waals surface area contributed by atoms with Crippen molar-refractivity contribution in [2.45, 2.75) is 32.7 Å². The lowest BCUT2D eigenvalue weighted by molar-refractivity contribution is 0.667. The van der Waals surface area contributed by atoms with Gasteiger partial charge < -0.3 is 0 Å². The van der Waals surface area contributed by atoms with E-state index in [0.29, 0.717) is 17.5 Å². The minimum atomic E-state index is -0.0931. The molecule has 0 bridgehead atoms. The monoisotopic (exact) mass is 423 g/mol. The number of hydrogen-bond donors (Lipinski definition) is 1. The van der Waals surface area contributed by atoms with E-state index in [-0.39, 0.29) is 5.69 Å². The van der Waals surface area contributed by atoms with E-state index in [4.69, 9.17) is 11.6 Å². The molecule has 0 saturated carbocycles. The standard InChI is InChI=1S/C21H22ClN7O/c1-3-4-5-18-19(22)28(2)21(30)29(18)13-14-6-8-15(9-7-14)16-10-11-23-12-17(16)20-24-26-27-25-20/h6-12H,3-5,13H2,1-2H3,(H,24,25,26,27). The molecular weight excluding hydrogens is 402 g/mol. The summed E-state index contributed by atoms with van der Waals surface area (Å²) in [5.41, 5.74) is 4.63. The van der Waals surface area contributed by atoms with Gasteiger partial charge in [-0.05, 0) is 46.0 Å². The number of aromatic nitrogens is 7. The molecule has 1 aromatic carbocycles. The second kappa shape index (κ2) is 8.62. The van der Waals surface area contributed by atoms with Crippen LogP contribution in [0.3, 0.4) is 0 Å². The number of tetrazole rings is 1. The van der Waals surface area contributed by atoms with Gasteiger partial charge in [0.25, 0.3) is 0 Å². The maximum Gasteiger partial charge on any atom is 0.329 e. The van der Waals surface area contributed by atoms with E-state index in [1.807, 2.05) is 30.3 Å². The lowest BCUT2D eigenvalue weighted by Crippen LogP contribution is -2.24. The van der Waals surface area contributed by atoms with Crippen molar-refractivity contribution >= 4 is 11.6 Å². The first-order valence-electron chi connectivity index (χ1n) is 9.81. The Balaban J connectivity index is 1.64. The van der Waals surface area contributed by atoms with Crippen LogP contribution < -0.4 is 5.69 Å². The number of benzene rings is 1. The maximum atomic E-state index is 12.7. The van der Waals surface area contributed by atoms with Crippen molar-refractivity contribution in [3.8, 4) is 22.5 Å². The van der Waals surface area contributed by atoms with Crippen LogP contribution >= 0.6 is 11.6 Å². The molecule has 0 aliphatic heterocycles. The van der Waals surface area contributed by atoms with Crippen molar-refractivity contribution in [2.75, 3.05) is 0 Å². The number of halogens is 1. The number of H-pyrrole nitrogens is 1. The minimum absolute atomic E-state index is 0.0931. The Morgan fingerprint density at radius 1 is 1.13 bits per heavy atom. The number of imidazole rings is 1. The molecule has 9 heteroatoms. The summed E-state index contributed by atoms with van der Waals surface area (Å²) in [7, 11) is 1.71. The van der Waals surface area contributed by atoms with Crippen molar-refractivity contribution in [3.63, 3.8) is 0 Å². The molecule has 3 aromatic heterocycles. The van der Waals surface area contributed by atoms with Gasteiger partial charge in [0.15, 0.2) is 5.82 Å². The second-order valence-corrected chi connectivity index (χ2v) is 7.49. The summed E-state index contributed by atoms with van der Waals surface area (Å²) in [5, 5.41) is 14.6. The SMILES string of the molecule is CCCCc1c(Cl)n(C)c(=O)n1Cc1ccc(-c2ccncc2-c2nnn[nH]2)cc1. The van der Waals surface area contributed by atoms with Crippen molar-refractivity contribution < 1.29 is 0 Å². The van der Waals surface area contributed by atoms with Crippen LogP contribution in [0.4, 0.5) is 0 Å². The molecule has 154 valence electrons. The normalized spacial score (nSPS) is 11.2. The third-order valence-corrected chi connectivity index (χ3v) is 5.64. The van der Waals surface area contributed by atoms with Gasteiger partial charge in [-0.2, -0.15) is 0 Å². The highest BCUT2D eigenvalue weighted by Crippen LogP contribution is 2.29. The van der Waals surface area contributed by atoms with E-state index in [0.717, 1.165) is 47.2 Å². The summed E-state index contributed by atoms with van der Waals surface area (Å²) in [4.78, 5) is 16.8. The molecule has 0 aliphatic carbocycles. The third-order valence-electron chi connectivity index (χ3n) is 5.17. The topological polar surface area (TPSA) is 94.3 Å². The summed E-state index contributed by atoms with van der Waals surface area (Å²) in [6.45, 7) is 2.61. The molecule has 0 spiro atoms. The molecule has 30 heavy (non-hydrogen) atoms. The summed E-state index contributed by atoms with van der Waals surface area (Å²) < 4.78 is 3.28. The average Bonchev–Trinajstić information content (AvgIpc) is 3.38. The van der Waals surface area contributed by atoms with Crippen LogP contribution in [-0.4, -0.2) is 34.7 Å². The number of unbranched alkanes of at least 4 members (excludes halogenated alkanes) is 1. The zero-order valence-electron chi connectivity index (χ0n) is 16.8. The fourth-order valence-electron chi connectivity index (χ4n) is 3.51. The van der Waals surface area contributed by atoms with Gasteiger partial charge in [-0.15, -0.1) is 5.10 Å². The van der Waals surface area contributed by atoms with Crippen LogP contribution in [0.15, 0.2) is 47.5 Å². The van der Waals surface area contributed by atoms with Crippen LogP contribution in [-0.2, 0) is 20.0 Å². The first-order chi connectivity index (χ1) is 14.6. The Morgan fingerprint density at radius 3 is 2.63 bits per heavy atom. The predicted molar refractivity (Wildman–Crippen MR) is 115 cm³/mol. The van der Waals surface area contributed by atoms with E-state index in [1.165, 1.54) is 4.57 Å². The zero-order chi connectivity index (χ0) is 21.1. The van der Waals surface area contributed by atoms with Gasteiger partial charge in [-0.3, -0.25) is 14.1 Å². The van der Waals surface area contributed by atoms with Crippen molar-refractivity contribution in [1.82, 2.24) is 34.7 Å². The molecule has 0 aliphatic rings. The number of rotatable bonds is 7. The van der Waals surface area contributed by atoms with Crippen molar-refractivity contribution in [3.05, 3.63) is 69.6 Å². The van der Waals surface area contributed by atoms with Gasteiger partial charge in [-0.25, -0.2) is 9.89 Å². The summed E-state index contributed by atoms with van der Waals surface area (Å²) >= 11 is 6.41. The lowest BCUT2D eigenvalue weighted by Gasteiger charge is -2.10. The number of hydrogen-bond acceptors (Lipinski definition) is 5. The Labute approximate surface area is 178 Å². The Hall–Kier alpha value is -3.26. The molecule has 0 radical (unpaired) electrons. The molecule has 4 aromatic rings. The number of pyridine rings is 1. The van der Waals surface area contributed by atoms with Crippen molar-refractivity contribution in [1.29, 1.82) is 0 Å². The first kappa shape index (κ1) is 20.0. The van der Waals surface area contributed by atoms with E-state index in [9.17, 15) is 4.79 Å². The molecule has 0 unspecified atom stereocenters. The van der Waals surface area contributed by atoms with Gasteiger partial charge in [-0.1, -0.05) is 49.2 Å². The van der Waals surface area contributed by atoms with Gasteiger partial charge in [0, 0.05) is 25.0 Å². The quantitative estimate of drug-likeness (QED) is 0.491. The van der Waals surface area contributed by atoms with E-state index in [2.05, 4.69) is 32.5 Å². The van der Waals surface area contributed by atoms with Gasteiger partial charge in [0.1, 0.15) is 5.15 Å². The van der Waals surface area contributed by atoms with E-state index >= 15 is 0 Å². The van der Waals surface area contributed by atoms with E-state index < -0.39 is 0 Å². The van der Waals surface area contributed by atoms with Crippen LogP contribution in [0.1, 0.15) is 31.0 Å². The average molecular weight is 424 g/mol. The summed E-state index contributed by atoms with van der Waals surface area (Å²) in [5.74, 6) is 0.563.